The van der Waals surface area contributed by atoms with Gasteiger partial charge in [-0.1, -0.05) is 45.1 Å². The predicted molar refractivity (Wildman–Crippen MR) is 68.3 cm³/mol. The van der Waals surface area contributed by atoms with Crippen molar-refractivity contribution >= 4 is 6.47 Å². The van der Waals surface area contributed by atoms with Crippen molar-refractivity contribution in [2.24, 2.45) is 5.92 Å². The highest BCUT2D eigenvalue weighted by Gasteiger charge is 2.01. The molecule has 0 aromatic carbocycles. The van der Waals surface area contributed by atoms with Crippen LogP contribution in [0.15, 0.2) is 12.7 Å². The molecule has 0 N–H and O–H groups in total. The number of unbranched alkanes of at least 4 members (excludes halogenated alkanes) is 6. The molecule has 0 aliphatic carbocycles. The molecule has 0 aromatic heterocycles. The van der Waals surface area contributed by atoms with Crippen LogP contribution in [0.3, 0.4) is 0 Å². The lowest BCUT2D eigenvalue weighted by molar-refractivity contribution is -0.129. The fraction of sp³-hybridized carbons (Fsp3) is 0.786. The molecule has 0 bridgehead atoms. The highest BCUT2D eigenvalue weighted by Crippen LogP contribution is 2.12. The van der Waals surface area contributed by atoms with E-state index in [2.05, 4.69) is 13.5 Å². The van der Waals surface area contributed by atoms with Gasteiger partial charge in [-0.2, -0.15) is 0 Å². The quantitative estimate of drug-likeness (QED) is 0.284. The van der Waals surface area contributed by atoms with E-state index < -0.39 is 0 Å². The second kappa shape index (κ2) is 12.3. The summed E-state index contributed by atoms with van der Waals surface area (Å²) in [5.41, 5.74) is 0. The van der Waals surface area contributed by atoms with Crippen molar-refractivity contribution in [1.29, 1.82) is 0 Å². The van der Waals surface area contributed by atoms with E-state index in [0.29, 0.717) is 19.0 Å². The maximum absolute atomic E-state index is 9.98. The zero-order valence-corrected chi connectivity index (χ0v) is 10.6. The molecule has 1 unspecified atom stereocenters. The lowest BCUT2D eigenvalue weighted by atomic mass is 10.0. The molecule has 0 heterocycles. The first-order chi connectivity index (χ1) is 7.81. The molecule has 0 aliphatic heterocycles. The summed E-state index contributed by atoms with van der Waals surface area (Å²) in [4.78, 5) is 9.98. The number of rotatable bonds is 12. The van der Waals surface area contributed by atoms with Gasteiger partial charge in [0, 0.05) is 0 Å². The third-order valence-corrected chi connectivity index (χ3v) is 2.80. The summed E-state index contributed by atoms with van der Waals surface area (Å²) < 4.78 is 4.73. The predicted octanol–water partition coefficient (Wildman–Crippen LogP) is 4.10. The van der Waals surface area contributed by atoms with Gasteiger partial charge in [-0.05, 0) is 25.2 Å². The van der Waals surface area contributed by atoms with Gasteiger partial charge < -0.3 is 4.74 Å². The highest BCUT2D eigenvalue weighted by molar-refractivity contribution is 5.36. The minimum absolute atomic E-state index is 0.506. The van der Waals surface area contributed by atoms with Gasteiger partial charge in [-0.3, -0.25) is 4.79 Å². The fourth-order valence-electron chi connectivity index (χ4n) is 1.78. The summed E-state index contributed by atoms with van der Waals surface area (Å²) in [6.07, 6.45) is 12.2. The van der Waals surface area contributed by atoms with E-state index >= 15 is 0 Å². The maximum atomic E-state index is 9.98. The Morgan fingerprint density at radius 2 is 1.75 bits per heavy atom. The van der Waals surface area contributed by atoms with E-state index in [0.717, 1.165) is 6.42 Å². The summed E-state index contributed by atoms with van der Waals surface area (Å²) in [6.45, 7) is 6.96. The summed E-state index contributed by atoms with van der Waals surface area (Å²) in [6, 6.07) is 0. The zero-order valence-electron chi connectivity index (χ0n) is 10.6. The third-order valence-electron chi connectivity index (χ3n) is 2.80. The van der Waals surface area contributed by atoms with Crippen LogP contribution in [0.25, 0.3) is 0 Å². The Bertz CT molecular complexity index is 166. The van der Waals surface area contributed by atoms with Gasteiger partial charge >= 0.3 is 0 Å². The van der Waals surface area contributed by atoms with Gasteiger partial charge in [-0.25, -0.2) is 0 Å². The Kier molecular flexibility index (Phi) is 11.7. The average molecular weight is 226 g/mol. The van der Waals surface area contributed by atoms with Crippen LogP contribution < -0.4 is 0 Å². The van der Waals surface area contributed by atoms with Crippen LogP contribution in [-0.4, -0.2) is 13.1 Å². The number of hydrogen-bond donors (Lipinski definition) is 0. The molecule has 0 saturated carbocycles. The Hall–Kier alpha value is -0.790. The van der Waals surface area contributed by atoms with Crippen molar-refractivity contribution < 1.29 is 9.53 Å². The molecule has 0 amide bonds. The van der Waals surface area contributed by atoms with Crippen LogP contribution in [0.1, 0.15) is 58.3 Å². The molecule has 0 spiro atoms. The molecule has 2 nitrogen and oxygen atoms in total. The van der Waals surface area contributed by atoms with E-state index in [1.165, 1.54) is 44.9 Å². The third kappa shape index (κ3) is 11.3. The van der Waals surface area contributed by atoms with E-state index in [1.807, 2.05) is 6.08 Å². The van der Waals surface area contributed by atoms with Gasteiger partial charge in [0.2, 0.25) is 0 Å². The summed E-state index contributed by atoms with van der Waals surface area (Å²) in [7, 11) is 0. The summed E-state index contributed by atoms with van der Waals surface area (Å²) in [5.74, 6) is 0.506. The van der Waals surface area contributed by atoms with Crippen molar-refractivity contribution in [2.75, 3.05) is 6.61 Å². The Balaban J connectivity index is 3.07. The van der Waals surface area contributed by atoms with Gasteiger partial charge in [0.05, 0.1) is 6.61 Å². The highest BCUT2D eigenvalue weighted by atomic mass is 16.5. The maximum Gasteiger partial charge on any atom is 0.293 e. The topological polar surface area (TPSA) is 26.3 Å². The first-order valence-corrected chi connectivity index (χ1v) is 6.47. The van der Waals surface area contributed by atoms with Crippen LogP contribution in [0.5, 0.6) is 0 Å². The molecular weight excluding hydrogens is 200 g/mol. The molecule has 0 saturated heterocycles. The van der Waals surface area contributed by atoms with Crippen LogP contribution >= 0.6 is 0 Å². The Labute approximate surface area is 100 Å². The van der Waals surface area contributed by atoms with Crippen molar-refractivity contribution in [3.05, 3.63) is 12.7 Å². The summed E-state index contributed by atoms with van der Waals surface area (Å²) >= 11 is 0. The molecular formula is C14H26O2. The normalized spacial score (nSPS) is 12.1. The summed E-state index contributed by atoms with van der Waals surface area (Å²) in [5, 5.41) is 0. The van der Waals surface area contributed by atoms with E-state index in [-0.39, 0.29) is 0 Å². The second-order valence-electron chi connectivity index (χ2n) is 4.52. The second-order valence-corrected chi connectivity index (χ2v) is 4.52. The fourth-order valence-corrected chi connectivity index (χ4v) is 1.78. The molecule has 2 heteroatoms. The largest absolute Gasteiger partial charge is 0.468 e. The van der Waals surface area contributed by atoms with Crippen LogP contribution in [-0.2, 0) is 9.53 Å². The van der Waals surface area contributed by atoms with Crippen LogP contribution in [0, 0.1) is 5.92 Å². The molecule has 94 valence electrons. The van der Waals surface area contributed by atoms with Crippen LogP contribution in [0.4, 0.5) is 0 Å². The first-order valence-electron chi connectivity index (χ1n) is 6.47. The zero-order chi connectivity index (χ0) is 12.1. The molecule has 0 fully saturated rings. The molecule has 0 aromatic rings. The van der Waals surface area contributed by atoms with Gasteiger partial charge in [0.1, 0.15) is 0 Å². The van der Waals surface area contributed by atoms with Gasteiger partial charge in [0.15, 0.2) is 0 Å². The number of carbonyl (C=O) groups excluding carboxylic acids is 1. The minimum Gasteiger partial charge on any atom is -0.468 e. The first kappa shape index (κ1) is 15.2. The van der Waals surface area contributed by atoms with E-state index in [4.69, 9.17) is 4.74 Å². The standard InChI is InChI=1S/C14H26O2/c1-3-4-5-6-7-8-9-10-11-14(2)12-16-13-15/h3,13-14H,1,4-12H2,2H3. The number of carbonyl (C=O) groups is 1. The Morgan fingerprint density at radius 3 is 2.38 bits per heavy atom. The average Bonchev–Trinajstić information content (AvgIpc) is 2.30. The molecule has 0 radical (unpaired) electrons. The van der Waals surface area contributed by atoms with Crippen LogP contribution in [0.2, 0.25) is 0 Å². The number of allylic oxidation sites excluding steroid dienone is 1. The monoisotopic (exact) mass is 226 g/mol. The van der Waals surface area contributed by atoms with Gasteiger partial charge in [0.25, 0.3) is 6.47 Å². The number of ether oxygens (including phenoxy) is 1. The SMILES string of the molecule is C=CCCCCCCCCC(C)COC=O. The molecule has 16 heavy (non-hydrogen) atoms. The Morgan fingerprint density at radius 1 is 1.12 bits per heavy atom. The minimum atomic E-state index is 0.506. The van der Waals surface area contributed by atoms with Crippen molar-refractivity contribution in [3.8, 4) is 0 Å². The van der Waals surface area contributed by atoms with Crippen molar-refractivity contribution in [1.82, 2.24) is 0 Å². The molecule has 0 aliphatic rings. The van der Waals surface area contributed by atoms with Gasteiger partial charge in [-0.15, -0.1) is 6.58 Å². The lowest BCUT2D eigenvalue weighted by Crippen LogP contribution is -2.04. The van der Waals surface area contributed by atoms with Crippen molar-refractivity contribution in [2.45, 2.75) is 58.3 Å². The smallest absolute Gasteiger partial charge is 0.293 e. The molecule has 1 atom stereocenters. The number of hydrogen-bond acceptors (Lipinski definition) is 2. The molecule has 0 rings (SSSR count). The lowest BCUT2D eigenvalue weighted by Gasteiger charge is -2.09. The van der Waals surface area contributed by atoms with E-state index in [9.17, 15) is 4.79 Å². The van der Waals surface area contributed by atoms with Crippen molar-refractivity contribution in [3.63, 3.8) is 0 Å². The van der Waals surface area contributed by atoms with E-state index in [1.54, 1.807) is 0 Å².